The smallest absolute Gasteiger partial charge is 0.191 e. The summed E-state index contributed by atoms with van der Waals surface area (Å²) in [7, 11) is 0. The zero-order valence-corrected chi connectivity index (χ0v) is 16.2. The van der Waals surface area contributed by atoms with E-state index >= 15 is 0 Å². The van der Waals surface area contributed by atoms with Gasteiger partial charge < -0.3 is 24.5 Å². The van der Waals surface area contributed by atoms with Gasteiger partial charge in [-0.2, -0.15) is 0 Å². The maximum Gasteiger partial charge on any atom is 0.191 e. The highest BCUT2D eigenvalue weighted by atomic mass is 16.5. The Hall–Kier alpha value is -1.53. The predicted octanol–water partition coefficient (Wildman–Crippen LogP) is 3.13. The van der Waals surface area contributed by atoms with Crippen molar-refractivity contribution in [2.75, 3.05) is 39.5 Å². The molecule has 2 N–H and O–H groups in total. The Morgan fingerprint density at radius 1 is 1.23 bits per heavy atom. The molecule has 1 aliphatic rings. The minimum absolute atomic E-state index is 0.254. The Bertz CT molecular complexity index is 471. The SMILES string of the molecule is CCCCOCCCNC(=NCC1CCCCO1)NCCc1ccco1. The first-order valence-electron chi connectivity index (χ1n) is 10.1. The van der Waals surface area contributed by atoms with E-state index in [4.69, 9.17) is 18.9 Å². The normalized spacial score (nSPS) is 18.0. The van der Waals surface area contributed by atoms with Gasteiger partial charge >= 0.3 is 0 Å². The van der Waals surface area contributed by atoms with Gasteiger partial charge in [0.1, 0.15) is 5.76 Å². The molecule has 1 atom stereocenters. The van der Waals surface area contributed by atoms with Crippen LogP contribution in [0.1, 0.15) is 51.2 Å². The lowest BCUT2D eigenvalue weighted by Gasteiger charge is -2.21. The van der Waals surface area contributed by atoms with Gasteiger partial charge in [-0.15, -0.1) is 0 Å². The van der Waals surface area contributed by atoms with Gasteiger partial charge in [0.25, 0.3) is 0 Å². The van der Waals surface area contributed by atoms with Crippen molar-refractivity contribution in [2.45, 2.75) is 58.0 Å². The fourth-order valence-electron chi connectivity index (χ4n) is 2.81. The lowest BCUT2D eigenvalue weighted by Crippen LogP contribution is -2.40. The molecule has 0 saturated carbocycles. The summed E-state index contributed by atoms with van der Waals surface area (Å²) in [6.07, 6.45) is 9.61. The average Bonchev–Trinajstić information content (AvgIpc) is 3.19. The zero-order valence-electron chi connectivity index (χ0n) is 16.2. The van der Waals surface area contributed by atoms with Gasteiger partial charge in [0.05, 0.1) is 18.9 Å². The number of nitrogens with zero attached hydrogens (tertiary/aromatic N) is 1. The van der Waals surface area contributed by atoms with Crippen LogP contribution in [0.2, 0.25) is 0 Å². The van der Waals surface area contributed by atoms with Crippen LogP contribution < -0.4 is 10.6 Å². The second kappa shape index (κ2) is 13.6. The molecule has 2 heterocycles. The summed E-state index contributed by atoms with van der Waals surface area (Å²) >= 11 is 0. The second-order valence-electron chi connectivity index (χ2n) is 6.68. The van der Waals surface area contributed by atoms with Crippen LogP contribution in [0.15, 0.2) is 27.8 Å². The molecular weight excluding hydrogens is 330 g/mol. The van der Waals surface area contributed by atoms with Crippen molar-refractivity contribution in [3.8, 4) is 0 Å². The summed E-state index contributed by atoms with van der Waals surface area (Å²) in [5.41, 5.74) is 0. The van der Waals surface area contributed by atoms with Crippen LogP contribution in [0, 0.1) is 0 Å². The monoisotopic (exact) mass is 365 g/mol. The summed E-state index contributed by atoms with van der Waals surface area (Å²) in [6, 6.07) is 3.91. The molecule has 6 nitrogen and oxygen atoms in total. The average molecular weight is 366 g/mol. The highest BCUT2D eigenvalue weighted by Gasteiger charge is 2.13. The topological polar surface area (TPSA) is 68.0 Å². The van der Waals surface area contributed by atoms with Crippen molar-refractivity contribution in [2.24, 2.45) is 4.99 Å². The molecule has 1 saturated heterocycles. The van der Waals surface area contributed by atoms with Gasteiger partial charge in [0.15, 0.2) is 5.96 Å². The number of unbranched alkanes of at least 4 members (excludes halogenated alkanes) is 1. The third kappa shape index (κ3) is 9.25. The van der Waals surface area contributed by atoms with Crippen molar-refractivity contribution in [1.82, 2.24) is 10.6 Å². The van der Waals surface area contributed by atoms with Crippen LogP contribution >= 0.6 is 0 Å². The molecule has 0 spiro atoms. The third-order valence-electron chi connectivity index (χ3n) is 4.37. The molecule has 0 aliphatic carbocycles. The van der Waals surface area contributed by atoms with E-state index in [0.29, 0.717) is 6.54 Å². The molecule has 0 aromatic carbocycles. The predicted molar refractivity (Wildman–Crippen MR) is 105 cm³/mol. The van der Waals surface area contributed by atoms with E-state index in [-0.39, 0.29) is 6.10 Å². The molecule has 1 aromatic rings. The Morgan fingerprint density at radius 3 is 2.88 bits per heavy atom. The van der Waals surface area contributed by atoms with E-state index in [1.807, 2.05) is 12.1 Å². The molecule has 148 valence electrons. The van der Waals surface area contributed by atoms with Crippen molar-refractivity contribution < 1.29 is 13.9 Å². The Morgan fingerprint density at radius 2 is 2.12 bits per heavy atom. The lowest BCUT2D eigenvalue weighted by molar-refractivity contribution is 0.0224. The Kier molecular flexibility index (Phi) is 10.9. The van der Waals surface area contributed by atoms with Crippen LogP contribution in [0.5, 0.6) is 0 Å². The van der Waals surface area contributed by atoms with E-state index in [9.17, 15) is 0 Å². The molecule has 0 bridgehead atoms. The zero-order chi connectivity index (χ0) is 18.3. The number of hydrogen-bond donors (Lipinski definition) is 2. The fourth-order valence-corrected chi connectivity index (χ4v) is 2.81. The highest BCUT2D eigenvalue weighted by Crippen LogP contribution is 2.12. The van der Waals surface area contributed by atoms with E-state index in [1.54, 1.807) is 6.26 Å². The van der Waals surface area contributed by atoms with E-state index in [1.165, 1.54) is 19.3 Å². The molecule has 1 fully saturated rings. The Labute approximate surface area is 157 Å². The number of furan rings is 1. The van der Waals surface area contributed by atoms with Crippen LogP contribution in [0.25, 0.3) is 0 Å². The van der Waals surface area contributed by atoms with Gasteiger partial charge in [-0.05, 0) is 44.2 Å². The summed E-state index contributed by atoms with van der Waals surface area (Å²) in [5, 5.41) is 6.79. The van der Waals surface area contributed by atoms with E-state index in [0.717, 1.165) is 70.3 Å². The quantitative estimate of drug-likeness (QED) is 0.338. The van der Waals surface area contributed by atoms with Crippen LogP contribution in [0.3, 0.4) is 0 Å². The van der Waals surface area contributed by atoms with Crippen molar-refractivity contribution in [1.29, 1.82) is 0 Å². The van der Waals surface area contributed by atoms with Gasteiger partial charge in [-0.1, -0.05) is 13.3 Å². The number of ether oxygens (including phenoxy) is 2. The highest BCUT2D eigenvalue weighted by molar-refractivity contribution is 5.79. The molecule has 0 amide bonds. The maximum absolute atomic E-state index is 5.77. The van der Waals surface area contributed by atoms with E-state index in [2.05, 4.69) is 17.6 Å². The summed E-state index contributed by atoms with van der Waals surface area (Å²) in [6.45, 7) is 7.05. The number of rotatable bonds is 12. The lowest BCUT2D eigenvalue weighted by atomic mass is 10.1. The van der Waals surface area contributed by atoms with Crippen LogP contribution in [-0.4, -0.2) is 51.5 Å². The molecule has 1 aliphatic heterocycles. The molecular formula is C20H35N3O3. The largest absolute Gasteiger partial charge is 0.469 e. The molecule has 1 unspecified atom stereocenters. The first-order chi connectivity index (χ1) is 12.9. The molecule has 1 aromatic heterocycles. The summed E-state index contributed by atoms with van der Waals surface area (Å²) in [4.78, 5) is 4.71. The number of hydrogen-bond acceptors (Lipinski definition) is 4. The number of aliphatic imine (C=N–C) groups is 1. The van der Waals surface area contributed by atoms with E-state index < -0.39 is 0 Å². The van der Waals surface area contributed by atoms with Gasteiger partial charge in [0, 0.05) is 39.3 Å². The molecule has 0 radical (unpaired) electrons. The molecule has 6 heteroatoms. The Balaban J connectivity index is 1.68. The summed E-state index contributed by atoms with van der Waals surface area (Å²) in [5.74, 6) is 1.83. The van der Waals surface area contributed by atoms with Crippen LogP contribution in [-0.2, 0) is 15.9 Å². The summed E-state index contributed by atoms with van der Waals surface area (Å²) < 4.78 is 16.8. The minimum atomic E-state index is 0.254. The first-order valence-corrected chi connectivity index (χ1v) is 10.1. The number of guanidine groups is 1. The maximum atomic E-state index is 5.77. The second-order valence-corrected chi connectivity index (χ2v) is 6.68. The van der Waals surface area contributed by atoms with Gasteiger partial charge in [-0.3, -0.25) is 4.99 Å². The van der Waals surface area contributed by atoms with Crippen molar-refractivity contribution in [3.05, 3.63) is 24.2 Å². The minimum Gasteiger partial charge on any atom is -0.469 e. The first kappa shape index (κ1) is 20.8. The third-order valence-corrected chi connectivity index (χ3v) is 4.37. The van der Waals surface area contributed by atoms with Crippen molar-refractivity contribution >= 4 is 5.96 Å². The van der Waals surface area contributed by atoms with Crippen molar-refractivity contribution in [3.63, 3.8) is 0 Å². The molecule has 2 rings (SSSR count). The van der Waals surface area contributed by atoms with Gasteiger partial charge in [-0.25, -0.2) is 0 Å². The fraction of sp³-hybridized carbons (Fsp3) is 0.750. The number of nitrogens with one attached hydrogen (secondary N) is 2. The standard InChI is InChI=1S/C20H35N3O3/c1-2-3-13-24-14-7-11-21-20(22-12-10-18-9-6-16-25-18)23-17-19-8-4-5-15-26-19/h6,9,16,19H,2-5,7-8,10-15,17H2,1H3,(H2,21,22,23). The van der Waals surface area contributed by atoms with Gasteiger partial charge in [0.2, 0.25) is 0 Å². The van der Waals surface area contributed by atoms with Crippen LogP contribution in [0.4, 0.5) is 0 Å². The molecule has 26 heavy (non-hydrogen) atoms.